The maximum absolute atomic E-state index is 13.2. The fourth-order valence-electron chi connectivity index (χ4n) is 2.65. The van der Waals surface area contributed by atoms with Gasteiger partial charge in [0.15, 0.2) is 0 Å². The number of hydrogen-bond acceptors (Lipinski definition) is 3. The zero-order valence-electron chi connectivity index (χ0n) is 15.2. The zero-order chi connectivity index (χ0) is 20.9. The minimum atomic E-state index is -3.94. The van der Waals surface area contributed by atoms with Gasteiger partial charge in [-0.15, -0.1) is 0 Å². The average molecular weight is 416 g/mol. The van der Waals surface area contributed by atoms with E-state index >= 15 is 0 Å². The lowest BCUT2D eigenvalue weighted by molar-refractivity contribution is 0.0954. The Hall–Kier alpha value is -3.26. The van der Waals surface area contributed by atoms with E-state index in [4.69, 9.17) is 0 Å². The van der Waals surface area contributed by atoms with Crippen LogP contribution in [0.1, 0.15) is 15.9 Å². The number of hydrogen-bond donors (Lipinski definition) is 2. The molecule has 0 spiro atoms. The first-order valence-electron chi connectivity index (χ1n) is 8.74. The van der Waals surface area contributed by atoms with Gasteiger partial charge in [-0.3, -0.25) is 9.52 Å². The molecule has 1 amide bonds. The van der Waals surface area contributed by atoms with Crippen molar-refractivity contribution in [3.05, 3.63) is 95.6 Å². The molecule has 3 aromatic carbocycles. The molecule has 5 nitrogen and oxygen atoms in total. The van der Waals surface area contributed by atoms with E-state index in [0.29, 0.717) is 6.42 Å². The number of nitrogens with one attached hydrogen (secondary N) is 2. The standard InChI is InChI=1S/C21H18F2N2O3S/c22-17-7-9-19(10-8-17)25-29(27,28)20-6-2-4-16(14-20)21(26)24-12-11-15-3-1-5-18(23)13-15/h1-10,13-14,25H,11-12H2,(H,24,26). The van der Waals surface area contributed by atoms with Gasteiger partial charge in [0.2, 0.25) is 0 Å². The van der Waals surface area contributed by atoms with Crippen LogP contribution in [-0.4, -0.2) is 20.9 Å². The highest BCUT2D eigenvalue weighted by Crippen LogP contribution is 2.17. The molecule has 0 atom stereocenters. The summed E-state index contributed by atoms with van der Waals surface area (Å²) in [5.74, 6) is -1.27. The number of halogens is 2. The van der Waals surface area contributed by atoms with E-state index in [9.17, 15) is 22.0 Å². The third kappa shape index (κ3) is 5.61. The topological polar surface area (TPSA) is 75.3 Å². The van der Waals surface area contributed by atoms with Crippen molar-refractivity contribution < 1.29 is 22.0 Å². The summed E-state index contributed by atoms with van der Waals surface area (Å²) in [6.45, 7) is 0.271. The Morgan fingerprint density at radius 2 is 1.59 bits per heavy atom. The first kappa shape index (κ1) is 20.5. The van der Waals surface area contributed by atoms with Crippen molar-refractivity contribution in [2.75, 3.05) is 11.3 Å². The van der Waals surface area contributed by atoms with Gasteiger partial charge in [-0.25, -0.2) is 17.2 Å². The predicted octanol–water partition coefficient (Wildman–Crippen LogP) is 3.74. The van der Waals surface area contributed by atoms with Crippen molar-refractivity contribution in [2.45, 2.75) is 11.3 Å². The monoisotopic (exact) mass is 416 g/mol. The van der Waals surface area contributed by atoms with Crippen LogP contribution in [0.5, 0.6) is 0 Å². The highest BCUT2D eigenvalue weighted by atomic mass is 32.2. The van der Waals surface area contributed by atoms with E-state index in [1.807, 2.05) is 0 Å². The number of carbonyl (C=O) groups excluding carboxylic acids is 1. The first-order valence-corrected chi connectivity index (χ1v) is 10.2. The number of rotatable bonds is 7. The quantitative estimate of drug-likeness (QED) is 0.616. The Balaban J connectivity index is 1.66. The van der Waals surface area contributed by atoms with Crippen LogP contribution >= 0.6 is 0 Å². The van der Waals surface area contributed by atoms with Crippen molar-refractivity contribution in [3.8, 4) is 0 Å². The van der Waals surface area contributed by atoms with E-state index in [-0.39, 0.29) is 28.5 Å². The Morgan fingerprint density at radius 3 is 2.31 bits per heavy atom. The van der Waals surface area contributed by atoms with Crippen LogP contribution in [0.3, 0.4) is 0 Å². The van der Waals surface area contributed by atoms with E-state index in [0.717, 1.165) is 17.7 Å². The normalized spacial score (nSPS) is 11.1. The van der Waals surface area contributed by atoms with E-state index in [1.54, 1.807) is 12.1 Å². The molecular weight excluding hydrogens is 398 g/mol. The van der Waals surface area contributed by atoms with Crippen molar-refractivity contribution in [1.29, 1.82) is 0 Å². The number of sulfonamides is 1. The second kappa shape index (κ2) is 8.83. The molecule has 0 fully saturated rings. The Bertz CT molecular complexity index is 1120. The van der Waals surface area contributed by atoms with Gasteiger partial charge in [-0.1, -0.05) is 18.2 Å². The minimum Gasteiger partial charge on any atom is -0.352 e. The number of anilines is 1. The summed E-state index contributed by atoms with van der Waals surface area (Å²) in [6.07, 6.45) is 0.438. The highest BCUT2D eigenvalue weighted by molar-refractivity contribution is 7.92. The smallest absolute Gasteiger partial charge is 0.261 e. The van der Waals surface area contributed by atoms with Crippen LogP contribution in [0.15, 0.2) is 77.7 Å². The summed E-state index contributed by atoms with van der Waals surface area (Å²) >= 11 is 0. The summed E-state index contributed by atoms with van der Waals surface area (Å²) in [5.41, 5.74) is 1.12. The van der Waals surface area contributed by atoms with Crippen LogP contribution < -0.4 is 10.0 Å². The van der Waals surface area contributed by atoms with Gasteiger partial charge in [0, 0.05) is 17.8 Å². The molecule has 150 valence electrons. The lowest BCUT2D eigenvalue weighted by Crippen LogP contribution is -2.26. The maximum Gasteiger partial charge on any atom is 0.261 e. The lowest BCUT2D eigenvalue weighted by Gasteiger charge is -2.10. The maximum atomic E-state index is 13.2. The molecule has 0 radical (unpaired) electrons. The van der Waals surface area contributed by atoms with Gasteiger partial charge in [0.1, 0.15) is 11.6 Å². The van der Waals surface area contributed by atoms with Crippen LogP contribution in [0.4, 0.5) is 14.5 Å². The zero-order valence-corrected chi connectivity index (χ0v) is 16.0. The molecule has 0 unspecified atom stereocenters. The van der Waals surface area contributed by atoms with Crippen molar-refractivity contribution >= 4 is 21.6 Å². The van der Waals surface area contributed by atoms with Crippen LogP contribution in [0.2, 0.25) is 0 Å². The van der Waals surface area contributed by atoms with Crippen molar-refractivity contribution in [3.63, 3.8) is 0 Å². The fourth-order valence-corrected chi connectivity index (χ4v) is 3.76. The molecule has 8 heteroatoms. The SMILES string of the molecule is O=C(NCCc1cccc(F)c1)c1cccc(S(=O)(=O)Nc2ccc(F)cc2)c1. The number of carbonyl (C=O) groups is 1. The van der Waals surface area contributed by atoms with E-state index in [2.05, 4.69) is 10.0 Å². The summed E-state index contributed by atoms with van der Waals surface area (Å²) < 4.78 is 53.5. The Labute approximate surface area is 167 Å². The van der Waals surface area contributed by atoms with Gasteiger partial charge in [-0.05, 0) is 66.6 Å². The molecule has 3 aromatic rings. The molecule has 3 rings (SSSR count). The lowest BCUT2D eigenvalue weighted by atomic mass is 10.1. The summed E-state index contributed by atoms with van der Waals surface area (Å²) in [5, 5.41) is 2.68. The van der Waals surface area contributed by atoms with E-state index in [1.165, 1.54) is 48.5 Å². The molecule has 29 heavy (non-hydrogen) atoms. The predicted molar refractivity (Wildman–Crippen MR) is 106 cm³/mol. The minimum absolute atomic E-state index is 0.0976. The molecule has 0 aliphatic carbocycles. The number of amides is 1. The summed E-state index contributed by atoms with van der Waals surface area (Å²) in [7, 11) is -3.94. The molecular formula is C21H18F2N2O3S. The molecule has 0 aliphatic rings. The van der Waals surface area contributed by atoms with Crippen LogP contribution in [0.25, 0.3) is 0 Å². The molecule has 2 N–H and O–H groups in total. The second-order valence-corrected chi connectivity index (χ2v) is 7.96. The second-order valence-electron chi connectivity index (χ2n) is 6.28. The first-order chi connectivity index (χ1) is 13.8. The molecule has 0 saturated carbocycles. The molecule has 0 aliphatic heterocycles. The number of benzene rings is 3. The van der Waals surface area contributed by atoms with Crippen LogP contribution in [-0.2, 0) is 16.4 Å². The van der Waals surface area contributed by atoms with Crippen molar-refractivity contribution in [1.82, 2.24) is 5.32 Å². The highest BCUT2D eigenvalue weighted by Gasteiger charge is 2.16. The van der Waals surface area contributed by atoms with E-state index < -0.39 is 21.7 Å². The molecule has 0 saturated heterocycles. The summed E-state index contributed by atoms with van der Waals surface area (Å²) in [4.78, 5) is 12.2. The third-order valence-electron chi connectivity index (χ3n) is 4.09. The largest absolute Gasteiger partial charge is 0.352 e. The molecule has 0 heterocycles. The molecule has 0 bridgehead atoms. The Kier molecular flexibility index (Phi) is 6.23. The third-order valence-corrected chi connectivity index (χ3v) is 5.47. The van der Waals surface area contributed by atoms with Gasteiger partial charge >= 0.3 is 0 Å². The summed E-state index contributed by atoms with van der Waals surface area (Å²) in [6, 6.07) is 16.5. The van der Waals surface area contributed by atoms with Gasteiger partial charge in [0.05, 0.1) is 4.90 Å². The Morgan fingerprint density at radius 1 is 0.862 bits per heavy atom. The fraction of sp³-hybridized carbons (Fsp3) is 0.0952. The average Bonchev–Trinajstić information content (AvgIpc) is 2.70. The van der Waals surface area contributed by atoms with Gasteiger partial charge in [0.25, 0.3) is 15.9 Å². The van der Waals surface area contributed by atoms with Gasteiger partial charge in [-0.2, -0.15) is 0 Å². The van der Waals surface area contributed by atoms with Crippen molar-refractivity contribution in [2.24, 2.45) is 0 Å². The van der Waals surface area contributed by atoms with Crippen LogP contribution in [0, 0.1) is 11.6 Å². The van der Waals surface area contributed by atoms with Gasteiger partial charge < -0.3 is 5.32 Å². The molecule has 0 aromatic heterocycles.